The summed E-state index contributed by atoms with van der Waals surface area (Å²) in [6, 6.07) is 11.6. The van der Waals surface area contributed by atoms with Crippen molar-refractivity contribution in [3.05, 3.63) is 58.6 Å². The Morgan fingerprint density at radius 1 is 1.14 bits per heavy atom. The number of hydrogen-bond acceptors (Lipinski definition) is 4. The van der Waals surface area contributed by atoms with Gasteiger partial charge in [-0.25, -0.2) is 9.97 Å². The van der Waals surface area contributed by atoms with Crippen LogP contribution in [0.25, 0.3) is 11.3 Å². The minimum Gasteiger partial charge on any atom is -0.316 e. The zero-order valence-corrected chi connectivity index (χ0v) is 14.5. The minimum atomic E-state index is 0. The Morgan fingerprint density at radius 3 is 2.62 bits per heavy atom. The fraction of sp³-hybridized carbons (Fsp3) is 0.0667. The van der Waals surface area contributed by atoms with Gasteiger partial charge in [-0.1, -0.05) is 23.7 Å². The lowest BCUT2D eigenvalue weighted by atomic mass is 10.2. The summed E-state index contributed by atoms with van der Waals surface area (Å²) < 4.78 is 0. The molecule has 0 aliphatic rings. The number of nitrogens with one attached hydrogen (secondary N) is 1. The summed E-state index contributed by atoms with van der Waals surface area (Å²) in [5.74, 6) is 0.807. The van der Waals surface area contributed by atoms with E-state index in [0.717, 1.165) is 32.8 Å². The predicted octanol–water partition coefficient (Wildman–Crippen LogP) is 5.49. The van der Waals surface area contributed by atoms with Crippen molar-refractivity contribution >= 4 is 50.9 Å². The summed E-state index contributed by atoms with van der Waals surface area (Å²) >= 11 is 7.44. The summed E-state index contributed by atoms with van der Waals surface area (Å²) in [5, 5.41) is 6.79. The van der Waals surface area contributed by atoms with Crippen LogP contribution in [0, 0.1) is 6.92 Å². The second-order valence-corrected chi connectivity index (χ2v) is 5.68. The quantitative estimate of drug-likeness (QED) is 0.651. The second kappa shape index (κ2) is 7.02. The topological polar surface area (TPSA) is 37.8 Å². The number of halogens is 2. The van der Waals surface area contributed by atoms with Gasteiger partial charge in [-0.15, -0.1) is 28.3 Å². The first kappa shape index (κ1) is 15.9. The van der Waals surface area contributed by atoms with Crippen LogP contribution in [0.2, 0.25) is 5.02 Å². The van der Waals surface area contributed by atoms with E-state index in [9.17, 15) is 0 Å². The molecule has 6 heteroatoms. The van der Waals surface area contributed by atoms with E-state index >= 15 is 0 Å². The van der Waals surface area contributed by atoms with Gasteiger partial charge in [-0.05, 0) is 36.8 Å². The maximum atomic E-state index is 5.89. The maximum Gasteiger partial charge on any atom is 0.188 e. The summed E-state index contributed by atoms with van der Waals surface area (Å²) in [7, 11) is 0. The van der Waals surface area contributed by atoms with Crippen molar-refractivity contribution in [1.82, 2.24) is 9.97 Å². The van der Waals surface area contributed by atoms with E-state index < -0.39 is 0 Å². The highest BCUT2D eigenvalue weighted by Crippen LogP contribution is 2.27. The Bertz CT molecular complexity index is 728. The molecule has 0 amide bonds. The van der Waals surface area contributed by atoms with E-state index in [2.05, 4.69) is 15.3 Å². The molecule has 3 aromatic rings. The minimum absolute atomic E-state index is 0. The number of thiazole rings is 1. The third-order valence-corrected chi connectivity index (χ3v) is 3.80. The van der Waals surface area contributed by atoms with Crippen LogP contribution in [0.4, 0.5) is 10.9 Å². The molecule has 2 heterocycles. The van der Waals surface area contributed by atoms with E-state index in [1.807, 2.05) is 48.7 Å². The SMILES string of the molecule is Br.Cc1ccnc(Nc2nc(-c3ccc(Cl)cc3)cs2)c1. The smallest absolute Gasteiger partial charge is 0.188 e. The van der Waals surface area contributed by atoms with Crippen molar-refractivity contribution in [3.8, 4) is 11.3 Å². The molecule has 21 heavy (non-hydrogen) atoms. The molecule has 0 bridgehead atoms. The molecule has 108 valence electrons. The Hall–Kier alpha value is -1.43. The van der Waals surface area contributed by atoms with E-state index in [-0.39, 0.29) is 17.0 Å². The van der Waals surface area contributed by atoms with Gasteiger partial charge in [0.15, 0.2) is 5.13 Å². The average molecular weight is 383 g/mol. The van der Waals surface area contributed by atoms with Crippen LogP contribution in [0.1, 0.15) is 5.56 Å². The number of aryl methyl sites for hydroxylation is 1. The van der Waals surface area contributed by atoms with Gasteiger partial charge in [0.05, 0.1) is 5.69 Å². The number of nitrogens with zero attached hydrogens (tertiary/aromatic N) is 2. The first-order chi connectivity index (χ1) is 9.70. The van der Waals surface area contributed by atoms with Crippen molar-refractivity contribution in [2.45, 2.75) is 6.92 Å². The van der Waals surface area contributed by atoms with Crippen molar-refractivity contribution < 1.29 is 0 Å². The normalized spacial score (nSPS) is 10.0. The van der Waals surface area contributed by atoms with Crippen molar-refractivity contribution in [2.75, 3.05) is 5.32 Å². The molecule has 0 aliphatic carbocycles. The van der Waals surface area contributed by atoms with Crippen LogP contribution < -0.4 is 5.32 Å². The van der Waals surface area contributed by atoms with E-state index in [1.165, 1.54) is 0 Å². The van der Waals surface area contributed by atoms with E-state index in [4.69, 9.17) is 11.6 Å². The molecule has 0 fully saturated rings. The first-order valence-corrected chi connectivity index (χ1v) is 7.37. The summed E-state index contributed by atoms with van der Waals surface area (Å²) in [6.45, 7) is 2.04. The zero-order chi connectivity index (χ0) is 13.9. The van der Waals surface area contributed by atoms with Crippen molar-refractivity contribution in [1.29, 1.82) is 0 Å². The van der Waals surface area contributed by atoms with Crippen LogP contribution in [0.5, 0.6) is 0 Å². The first-order valence-electron chi connectivity index (χ1n) is 6.12. The molecule has 2 aromatic heterocycles. The monoisotopic (exact) mass is 381 g/mol. The Labute approximate surface area is 142 Å². The third kappa shape index (κ3) is 4.03. The van der Waals surface area contributed by atoms with Gasteiger partial charge in [0.2, 0.25) is 0 Å². The van der Waals surface area contributed by atoms with Gasteiger partial charge in [0.25, 0.3) is 0 Å². The number of benzene rings is 1. The Balaban J connectivity index is 0.00000161. The molecule has 0 unspecified atom stereocenters. The summed E-state index contributed by atoms with van der Waals surface area (Å²) in [4.78, 5) is 8.83. The highest BCUT2D eigenvalue weighted by atomic mass is 79.9. The third-order valence-electron chi connectivity index (χ3n) is 2.79. The number of rotatable bonds is 3. The average Bonchev–Trinajstić information content (AvgIpc) is 2.88. The molecule has 3 nitrogen and oxygen atoms in total. The van der Waals surface area contributed by atoms with Gasteiger partial charge in [0, 0.05) is 22.2 Å². The second-order valence-electron chi connectivity index (χ2n) is 4.39. The molecule has 0 saturated carbocycles. The number of aromatic nitrogens is 2. The van der Waals surface area contributed by atoms with Crippen LogP contribution >= 0.6 is 39.9 Å². The lowest BCUT2D eigenvalue weighted by Gasteiger charge is -2.01. The zero-order valence-electron chi connectivity index (χ0n) is 11.2. The maximum absolute atomic E-state index is 5.89. The molecular weight excluding hydrogens is 370 g/mol. The lowest BCUT2D eigenvalue weighted by Crippen LogP contribution is -1.92. The fourth-order valence-corrected chi connectivity index (χ4v) is 2.65. The molecule has 0 atom stereocenters. The van der Waals surface area contributed by atoms with Gasteiger partial charge in [-0.3, -0.25) is 0 Å². The van der Waals surface area contributed by atoms with Gasteiger partial charge < -0.3 is 5.32 Å². The van der Waals surface area contributed by atoms with Gasteiger partial charge in [0.1, 0.15) is 5.82 Å². The van der Waals surface area contributed by atoms with Gasteiger partial charge >= 0.3 is 0 Å². The Kier molecular flexibility index (Phi) is 5.33. The van der Waals surface area contributed by atoms with E-state index in [0.29, 0.717) is 0 Å². The van der Waals surface area contributed by atoms with Crippen LogP contribution in [-0.2, 0) is 0 Å². The van der Waals surface area contributed by atoms with Crippen LogP contribution in [-0.4, -0.2) is 9.97 Å². The fourth-order valence-electron chi connectivity index (χ4n) is 1.80. The molecule has 0 spiro atoms. The largest absolute Gasteiger partial charge is 0.316 e. The highest BCUT2D eigenvalue weighted by Gasteiger charge is 2.05. The number of pyridine rings is 1. The van der Waals surface area contributed by atoms with E-state index in [1.54, 1.807) is 17.5 Å². The van der Waals surface area contributed by atoms with Crippen molar-refractivity contribution in [3.63, 3.8) is 0 Å². The molecule has 0 radical (unpaired) electrons. The van der Waals surface area contributed by atoms with Gasteiger partial charge in [-0.2, -0.15) is 0 Å². The molecule has 3 rings (SSSR count). The lowest BCUT2D eigenvalue weighted by molar-refractivity contribution is 1.26. The summed E-state index contributed by atoms with van der Waals surface area (Å²) in [5.41, 5.74) is 3.15. The molecule has 0 aliphatic heterocycles. The number of anilines is 2. The molecule has 1 aromatic carbocycles. The molecule has 0 saturated heterocycles. The molecule has 1 N–H and O–H groups in total. The summed E-state index contributed by atoms with van der Waals surface area (Å²) in [6.07, 6.45) is 1.78. The highest BCUT2D eigenvalue weighted by molar-refractivity contribution is 8.93. The Morgan fingerprint density at radius 2 is 1.90 bits per heavy atom. The van der Waals surface area contributed by atoms with Crippen LogP contribution in [0.3, 0.4) is 0 Å². The molecular formula is C15H13BrClN3S. The predicted molar refractivity (Wildman–Crippen MR) is 95.1 cm³/mol. The van der Waals surface area contributed by atoms with Crippen molar-refractivity contribution in [2.24, 2.45) is 0 Å². The van der Waals surface area contributed by atoms with Crippen LogP contribution in [0.15, 0.2) is 48.0 Å². The standard InChI is InChI=1S/C15H12ClN3S.BrH/c1-10-6-7-17-14(8-10)19-15-18-13(9-20-15)11-2-4-12(16)5-3-11;/h2-9H,1H3,(H,17,18,19);1H. The number of hydrogen-bond donors (Lipinski definition) is 1.